The maximum Gasteiger partial charge on any atom is 0.138 e. The second kappa shape index (κ2) is 6.10. The molecule has 2 aromatic rings. The summed E-state index contributed by atoms with van der Waals surface area (Å²) in [5.41, 5.74) is 2.61. The average molecular weight is 284 g/mol. The van der Waals surface area contributed by atoms with Gasteiger partial charge in [0.25, 0.3) is 0 Å². The number of ether oxygens (including phenoxy) is 1. The number of nitrogens with one attached hydrogen (secondary N) is 1. The molecule has 0 radical (unpaired) electrons. The Hall–Kier alpha value is -2.14. The number of methoxy groups -OCH3 is 1. The molecule has 0 spiro atoms. The van der Waals surface area contributed by atoms with Gasteiger partial charge in [0.1, 0.15) is 18.0 Å². The molecule has 21 heavy (non-hydrogen) atoms. The molecular weight excluding hydrogens is 264 g/mol. The first-order chi connectivity index (χ1) is 10.3. The number of hydrogen-bond acceptors (Lipinski definition) is 5. The number of rotatable bonds is 5. The quantitative estimate of drug-likeness (QED) is 0.855. The van der Waals surface area contributed by atoms with Crippen LogP contribution in [0.1, 0.15) is 12.5 Å². The molecule has 1 aliphatic heterocycles. The van der Waals surface area contributed by atoms with E-state index in [4.69, 9.17) is 4.74 Å². The minimum atomic E-state index is 0.407. The average Bonchev–Trinajstić information content (AvgIpc) is 2.83. The Labute approximate surface area is 125 Å². The lowest BCUT2D eigenvalue weighted by molar-refractivity contribution is 0.210. The number of anilines is 3. The van der Waals surface area contributed by atoms with Crippen LogP contribution in [0.2, 0.25) is 0 Å². The van der Waals surface area contributed by atoms with Crippen molar-refractivity contribution in [3.63, 3.8) is 0 Å². The molecule has 0 amide bonds. The molecule has 0 bridgehead atoms. The number of aromatic nitrogens is 2. The second-order valence-corrected chi connectivity index (χ2v) is 5.23. The minimum absolute atomic E-state index is 0.407. The van der Waals surface area contributed by atoms with E-state index < -0.39 is 0 Å². The lowest BCUT2D eigenvalue weighted by Gasteiger charge is -2.24. The molecule has 1 unspecified atom stereocenters. The summed E-state index contributed by atoms with van der Waals surface area (Å²) in [4.78, 5) is 11.0. The van der Waals surface area contributed by atoms with E-state index in [-0.39, 0.29) is 0 Å². The van der Waals surface area contributed by atoms with Crippen molar-refractivity contribution >= 4 is 17.3 Å². The van der Waals surface area contributed by atoms with Crippen molar-refractivity contribution in [1.29, 1.82) is 0 Å². The predicted octanol–water partition coefficient (Wildman–Crippen LogP) is 2.62. The third kappa shape index (κ3) is 2.83. The Kier molecular flexibility index (Phi) is 4.01. The van der Waals surface area contributed by atoms with Crippen LogP contribution in [-0.2, 0) is 11.2 Å². The second-order valence-electron chi connectivity index (χ2n) is 5.23. The molecule has 110 valence electrons. The van der Waals surface area contributed by atoms with Crippen LogP contribution in [0.3, 0.4) is 0 Å². The van der Waals surface area contributed by atoms with Crippen molar-refractivity contribution < 1.29 is 4.74 Å². The fourth-order valence-electron chi connectivity index (χ4n) is 2.77. The largest absolute Gasteiger partial charge is 0.383 e. The molecule has 2 heterocycles. The number of para-hydroxylation sites is 1. The maximum atomic E-state index is 5.04. The van der Waals surface area contributed by atoms with Gasteiger partial charge >= 0.3 is 0 Å². The van der Waals surface area contributed by atoms with Gasteiger partial charge < -0.3 is 15.0 Å². The van der Waals surface area contributed by atoms with Crippen molar-refractivity contribution in [2.75, 3.05) is 30.5 Å². The molecule has 1 aliphatic rings. The number of hydrogen-bond donors (Lipinski definition) is 1. The molecule has 1 N–H and O–H groups in total. The minimum Gasteiger partial charge on any atom is -0.383 e. The monoisotopic (exact) mass is 284 g/mol. The van der Waals surface area contributed by atoms with Gasteiger partial charge in [-0.1, -0.05) is 18.2 Å². The molecule has 0 saturated heterocycles. The normalized spacial score (nSPS) is 16.9. The zero-order chi connectivity index (χ0) is 14.7. The van der Waals surface area contributed by atoms with Crippen LogP contribution >= 0.6 is 0 Å². The standard InChI is InChI=1S/C16H20N4O/c1-12-9-13-5-3-4-6-14(13)20(12)16-10-15(18-11-19-16)17-7-8-21-2/h3-6,10-12H,7-9H2,1-2H3,(H,17,18,19). The first kappa shape index (κ1) is 13.8. The third-order valence-corrected chi connectivity index (χ3v) is 3.72. The molecule has 0 fully saturated rings. The molecule has 5 nitrogen and oxygen atoms in total. The Morgan fingerprint density at radius 1 is 1.33 bits per heavy atom. The Morgan fingerprint density at radius 2 is 2.19 bits per heavy atom. The van der Waals surface area contributed by atoms with Crippen molar-refractivity contribution in [3.05, 3.63) is 42.2 Å². The van der Waals surface area contributed by atoms with Gasteiger partial charge in [-0.2, -0.15) is 0 Å². The van der Waals surface area contributed by atoms with Gasteiger partial charge in [-0.3, -0.25) is 0 Å². The molecule has 0 aliphatic carbocycles. The van der Waals surface area contributed by atoms with Gasteiger partial charge in [-0.15, -0.1) is 0 Å². The van der Waals surface area contributed by atoms with Gasteiger partial charge in [0.15, 0.2) is 0 Å². The van der Waals surface area contributed by atoms with E-state index in [1.165, 1.54) is 11.3 Å². The van der Waals surface area contributed by atoms with E-state index in [2.05, 4.69) is 51.4 Å². The van der Waals surface area contributed by atoms with Gasteiger partial charge in [0.2, 0.25) is 0 Å². The van der Waals surface area contributed by atoms with Crippen LogP contribution in [0.25, 0.3) is 0 Å². The molecule has 5 heteroatoms. The lowest BCUT2D eigenvalue weighted by Crippen LogP contribution is -2.25. The molecule has 1 atom stereocenters. The lowest BCUT2D eigenvalue weighted by atomic mass is 10.1. The summed E-state index contributed by atoms with van der Waals surface area (Å²) in [6.45, 7) is 3.61. The number of nitrogens with zero attached hydrogens (tertiary/aromatic N) is 3. The first-order valence-corrected chi connectivity index (χ1v) is 7.21. The smallest absolute Gasteiger partial charge is 0.138 e. The molecule has 0 saturated carbocycles. The molecule has 3 rings (SSSR count). The molecule has 1 aromatic carbocycles. The fraction of sp³-hybridized carbons (Fsp3) is 0.375. The van der Waals surface area contributed by atoms with Crippen LogP contribution in [0.5, 0.6) is 0 Å². The highest BCUT2D eigenvalue weighted by atomic mass is 16.5. The van der Waals surface area contributed by atoms with E-state index in [0.717, 1.165) is 24.6 Å². The van der Waals surface area contributed by atoms with Crippen molar-refractivity contribution in [3.8, 4) is 0 Å². The van der Waals surface area contributed by atoms with E-state index >= 15 is 0 Å². The van der Waals surface area contributed by atoms with Gasteiger partial charge in [-0.25, -0.2) is 9.97 Å². The summed E-state index contributed by atoms with van der Waals surface area (Å²) in [5, 5.41) is 3.25. The third-order valence-electron chi connectivity index (χ3n) is 3.72. The topological polar surface area (TPSA) is 50.3 Å². The Morgan fingerprint density at radius 3 is 3.05 bits per heavy atom. The van der Waals surface area contributed by atoms with Crippen molar-refractivity contribution in [2.45, 2.75) is 19.4 Å². The van der Waals surface area contributed by atoms with Crippen molar-refractivity contribution in [2.24, 2.45) is 0 Å². The van der Waals surface area contributed by atoms with E-state index in [1.807, 2.05) is 6.07 Å². The Bertz CT molecular complexity index is 617. The maximum absolute atomic E-state index is 5.04. The summed E-state index contributed by atoms with van der Waals surface area (Å²) in [5.74, 6) is 1.76. The van der Waals surface area contributed by atoms with Gasteiger partial charge in [0.05, 0.1) is 6.61 Å². The van der Waals surface area contributed by atoms with E-state index in [9.17, 15) is 0 Å². The van der Waals surface area contributed by atoms with E-state index in [1.54, 1.807) is 13.4 Å². The van der Waals surface area contributed by atoms with Crippen LogP contribution in [0.15, 0.2) is 36.7 Å². The highest BCUT2D eigenvalue weighted by molar-refractivity contribution is 5.69. The zero-order valence-corrected chi connectivity index (χ0v) is 12.4. The SMILES string of the molecule is COCCNc1cc(N2c3ccccc3CC2C)ncn1. The highest BCUT2D eigenvalue weighted by Gasteiger charge is 2.27. The summed E-state index contributed by atoms with van der Waals surface area (Å²) < 4.78 is 5.04. The van der Waals surface area contributed by atoms with Crippen LogP contribution in [0.4, 0.5) is 17.3 Å². The highest BCUT2D eigenvalue weighted by Crippen LogP contribution is 2.37. The van der Waals surface area contributed by atoms with Crippen molar-refractivity contribution in [1.82, 2.24) is 9.97 Å². The summed E-state index contributed by atoms with van der Waals surface area (Å²) in [6, 6.07) is 10.9. The zero-order valence-electron chi connectivity index (χ0n) is 12.4. The summed E-state index contributed by atoms with van der Waals surface area (Å²) >= 11 is 0. The van der Waals surface area contributed by atoms with E-state index in [0.29, 0.717) is 12.6 Å². The Balaban J connectivity index is 1.85. The first-order valence-electron chi connectivity index (χ1n) is 7.21. The summed E-state index contributed by atoms with van der Waals surface area (Å²) in [6.07, 6.45) is 2.66. The van der Waals surface area contributed by atoms with Crippen LogP contribution < -0.4 is 10.2 Å². The van der Waals surface area contributed by atoms with Crippen LogP contribution in [0, 0.1) is 0 Å². The number of benzene rings is 1. The molecule has 1 aromatic heterocycles. The molecular formula is C16H20N4O. The van der Waals surface area contributed by atoms with Gasteiger partial charge in [0, 0.05) is 31.5 Å². The fourth-order valence-corrected chi connectivity index (χ4v) is 2.77. The predicted molar refractivity (Wildman–Crippen MR) is 84.1 cm³/mol. The van der Waals surface area contributed by atoms with Crippen LogP contribution in [-0.4, -0.2) is 36.3 Å². The van der Waals surface area contributed by atoms with Gasteiger partial charge in [-0.05, 0) is 25.0 Å². The number of fused-ring (bicyclic) bond motifs is 1. The summed E-state index contributed by atoms with van der Waals surface area (Å²) in [7, 11) is 1.69.